The smallest absolute Gasteiger partial charge is 0.310 e. The molecule has 0 aromatic carbocycles. The Morgan fingerprint density at radius 3 is 1.89 bits per heavy atom. The quantitative estimate of drug-likeness (QED) is 0.641. The van der Waals surface area contributed by atoms with Gasteiger partial charge in [-0.2, -0.15) is 0 Å². The molecule has 2 N–H and O–H groups in total. The molecule has 0 aromatic heterocycles. The third-order valence-electron chi connectivity index (χ3n) is 2.81. The van der Waals surface area contributed by atoms with E-state index in [4.69, 9.17) is 5.11 Å². The van der Waals surface area contributed by atoms with Crippen molar-refractivity contribution in [3.05, 3.63) is 0 Å². The normalized spacial score (nSPS) is 13.5. The second-order valence-corrected chi connectivity index (χ2v) is 8.58. The molecule has 0 fully saturated rings. The first kappa shape index (κ1) is 17.3. The molecule has 7 nitrogen and oxygen atoms in total. The summed E-state index contributed by atoms with van der Waals surface area (Å²) in [5, 5.41) is 8.06. The van der Waals surface area contributed by atoms with Crippen molar-refractivity contribution in [3.8, 4) is 0 Å². The van der Waals surface area contributed by atoms with Gasteiger partial charge >= 0.3 is 5.97 Å². The van der Waals surface area contributed by atoms with Gasteiger partial charge in [-0.05, 0) is 12.8 Å². The summed E-state index contributed by atoms with van der Waals surface area (Å²) in [4.78, 5) is 11.1. The Balaban J connectivity index is 4.89. The molecule has 0 bridgehead atoms. The van der Waals surface area contributed by atoms with E-state index in [1.54, 1.807) is 13.8 Å². The number of aliphatic carboxylic acids is 1. The third-order valence-corrected chi connectivity index (χ3v) is 6.34. The van der Waals surface area contributed by atoms with Crippen molar-refractivity contribution in [1.29, 1.82) is 0 Å². The SMILES string of the molecule is CCC(CC)(CNS(=O)(=O)CS(C)(=O)=O)C(=O)O. The van der Waals surface area contributed by atoms with Crippen molar-refractivity contribution in [2.24, 2.45) is 5.41 Å². The molecule has 0 aliphatic rings. The summed E-state index contributed by atoms with van der Waals surface area (Å²) < 4.78 is 46.8. The molecule has 0 unspecified atom stereocenters. The fraction of sp³-hybridized carbons (Fsp3) is 0.889. The number of carbonyl (C=O) groups is 1. The van der Waals surface area contributed by atoms with Gasteiger partial charge in [-0.1, -0.05) is 13.8 Å². The summed E-state index contributed by atoms with van der Waals surface area (Å²) in [6.45, 7) is 2.97. The first-order chi connectivity index (χ1) is 7.98. The molecule has 0 saturated carbocycles. The van der Waals surface area contributed by atoms with Crippen LogP contribution in [0.1, 0.15) is 26.7 Å². The Kier molecular flexibility index (Phi) is 5.76. The molecule has 0 spiro atoms. The molecular weight excluding hydrogens is 282 g/mol. The Hall–Kier alpha value is -0.670. The lowest BCUT2D eigenvalue weighted by atomic mass is 9.83. The maximum absolute atomic E-state index is 11.5. The molecule has 0 radical (unpaired) electrons. The van der Waals surface area contributed by atoms with Crippen molar-refractivity contribution in [3.63, 3.8) is 0 Å². The van der Waals surface area contributed by atoms with Crippen LogP contribution < -0.4 is 4.72 Å². The first-order valence-electron chi connectivity index (χ1n) is 5.36. The second-order valence-electron chi connectivity index (χ2n) is 4.27. The van der Waals surface area contributed by atoms with Crippen LogP contribution in [0.4, 0.5) is 0 Å². The van der Waals surface area contributed by atoms with Crippen LogP contribution in [0.2, 0.25) is 0 Å². The van der Waals surface area contributed by atoms with Crippen LogP contribution in [-0.4, -0.2) is 45.8 Å². The molecule has 0 saturated heterocycles. The highest BCUT2D eigenvalue weighted by molar-refractivity contribution is 8.06. The second kappa shape index (κ2) is 5.98. The molecule has 0 aromatic rings. The fourth-order valence-electron chi connectivity index (χ4n) is 1.45. The highest BCUT2D eigenvalue weighted by atomic mass is 32.3. The van der Waals surface area contributed by atoms with E-state index < -0.39 is 36.3 Å². The molecule has 0 aliphatic carbocycles. The van der Waals surface area contributed by atoms with E-state index in [1.807, 2.05) is 0 Å². The molecule has 18 heavy (non-hydrogen) atoms. The average Bonchev–Trinajstić information content (AvgIpc) is 2.15. The van der Waals surface area contributed by atoms with Crippen LogP contribution in [0.3, 0.4) is 0 Å². The molecule has 9 heteroatoms. The maximum Gasteiger partial charge on any atom is 0.310 e. The first-order valence-corrected chi connectivity index (χ1v) is 9.08. The van der Waals surface area contributed by atoms with Gasteiger partial charge in [0.1, 0.15) is 0 Å². The van der Waals surface area contributed by atoms with Crippen LogP contribution in [-0.2, 0) is 24.7 Å². The maximum atomic E-state index is 11.5. The number of nitrogens with one attached hydrogen (secondary N) is 1. The summed E-state index contributed by atoms with van der Waals surface area (Å²) in [5.41, 5.74) is -1.20. The summed E-state index contributed by atoms with van der Waals surface area (Å²) >= 11 is 0. The molecule has 0 heterocycles. The van der Waals surface area contributed by atoms with Gasteiger partial charge < -0.3 is 5.11 Å². The minimum Gasteiger partial charge on any atom is -0.481 e. The highest BCUT2D eigenvalue weighted by Gasteiger charge is 2.36. The number of carboxylic acids is 1. The summed E-state index contributed by atoms with van der Waals surface area (Å²) in [5.74, 6) is -1.10. The highest BCUT2D eigenvalue weighted by Crippen LogP contribution is 2.25. The Labute approximate surface area is 108 Å². The average molecular weight is 301 g/mol. The Morgan fingerprint density at radius 2 is 1.61 bits per heavy atom. The van der Waals surface area contributed by atoms with Crippen LogP contribution in [0.25, 0.3) is 0 Å². The molecule has 0 aliphatic heterocycles. The van der Waals surface area contributed by atoms with E-state index >= 15 is 0 Å². The Morgan fingerprint density at radius 1 is 1.17 bits per heavy atom. The van der Waals surface area contributed by atoms with E-state index in [9.17, 15) is 21.6 Å². The van der Waals surface area contributed by atoms with Crippen molar-refractivity contribution in [2.75, 3.05) is 17.9 Å². The molecule has 0 atom stereocenters. The van der Waals surface area contributed by atoms with Gasteiger partial charge in [0, 0.05) is 12.8 Å². The standard InChI is InChI=1S/C9H19NO6S2/c1-4-9(5-2,8(11)12)6-10-18(15,16)7-17(3,13)14/h10H,4-7H2,1-3H3,(H,11,12). The third kappa shape index (κ3) is 5.32. The fourth-order valence-corrected chi connectivity index (χ4v) is 4.53. The zero-order valence-corrected chi connectivity index (χ0v) is 12.3. The summed E-state index contributed by atoms with van der Waals surface area (Å²) in [6, 6.07) is 0. The summed E-state index contributed by atoms with van der Waals surface area (Å²) in [6.07, 6.45) is 1.30. The number of hydrogen-bond acceptors (Lipinski definition) is 5. The van der Waals surface area contributed by atoms with E-state index in [-0.39, 0.29) is 19.4 Å². The Bertz CT molecular complexity index is 489. The van der Waals surface area contributed by atoms with Crippen molar-refractivity contribution >= 4 is 25.8 Å². The number of rotatable bonds is 8. The molecule has 0 amide bonds. The van der Waals surface area contributed by atoms with Crippen molar-refractivity contribution < 1.29 is 26.7 Å². The summed E-state index contributed by atoms with van der Waals surface area (Å²) in [7, 11) is -7.71. The van der Waals surface area contributed by atoms with E-state index in [2.05, 4.69) is 4.72 Å². The predicted octanol–water partition coefficient (Wildman–Crippen LogP) is -0.201. The van der Waals surface area contributed by atoms with Gasteiger partial charge in [-0.3, -0.25) is 4.79 Å². The van der Waals surface area contributed by atoms with Gasteiger partial charge in [0.2, 0.25) is 10.0 Å². The van der Waals surface area contributed by atoms with Crippen LogP contribution >= 0.6 is 0 Å². The molecular formula is C9H19NO6S2. The van der Waals surface area contributed by atoms with Crippen molar-refractivity contribution in [1.82, 2.24) is 4.72 Å². The number of sulfone groups is 1. The molecule has 108 valence electrons. The molecule has 0 rings (SSSR count). The lowest BCUT2D eigenvalue weighted by molar-refractivity contribution is -0.149. The van der Waals surface area contributed by atoms with Gasteiger partial charge in [0.25, 0.3) is 0 Å². The minimum atomic E-state index is -4.03. The number of hydrogen-bond donors (Lipinski definition) is 2. The van der Waals surface area contributed by atoms with Gasteiger partial charge in [0.15, 0.2) is 14.9 Å². The van der Waals surface area contributed by atoms with Gasteiger partial charge in [-0.15, -0.1) is 0 Å². The number of sulfonamides is 1. The van der Waals surface area contributed by atoms with Crippen LogP contribution in [0, 0.1) is 5.41 Å². The lowest BCUT2D eigenvalue weighted by Crippen LogP contribution is -2.43. The van der Waals surface area contributed by atoms with E-state index in [1.165, 1.54) is 0 Å². The van der Waals surface area contributed by atoms with Crippen LogP contribution in [0.15, 0.2) is 0 Å². The predicted molar refractivity (Wildman–Crippen MR) is 67.3 cm³/mol. The minimum absolute atomic E-state index is 0.250. The topological polar surface area (TPSA) is 118 Å². The zero-order chi connectivity index (χ0) is 14.6. The zero-order valence-electron chi connectivity index (χ0n) is 10.6. The number of carboxylic acid groups (broad SMARTS) is 1. The van der Waals surface area contributed by atoms with E-state index in [0.29, 0.717) is 0 Å². The van der Waals surface area contributed by atoms with Gasteiger partial charge in [-0.25, -0.2) is 21.6 Å². The van der Waals surface area contributed by atoms with Gasteiger partial charge in [0.05, 0.1) is 5.41 Å². The largest absolute Gasteiger partial charge is 0.481 e. The lowest BCUT2D eigenvalue weighted by Gasteiger charge is -2.26. The monoisotopic (exact) mass is 301 g/mol. The van der Waals surface area contributed by atoms with Crippen LogP contribution in [0.5, 0.6) is 0 Å². The van der Waals surface area contributed by atoms with Crippen molar-refractivity contribution in [2.45, 2.75) is 26.7 Å². The van der Waals surface area contributed by atoms with E-state index in [0.717, 1.165) is 6.26 Å².